The van der Waals surface area contributed by atoms with E-state index in [4.69, 9.17) is 4.98 Å². The van der Waals surface area contributed by atoms with Crippen molar-refractivity contribution < 1.29 is 4.79 Å². The molecule has 148 valence electrons. The number of piperidine rings is 1. The van der Waals surface area contributed by atoms with E-state index in [0.29, 0.717) is 0 Å². The molecule has 0 aliphatic carbocycles. The smallest absolute Gasteiger partial charge is 0.240 e. The zero-order chi connectivity index (χ0) is 19.1. The zero-order valence-corrected chi connectivity index (χ0v) is 16.6. The van der Waals surface area contributed by atoms with Crippen LogP contribution in [0.3, 0.4) is 0 Å². The molecule has 5 rings (SSSR count). The maximum absolute atomic E-state index is 13.2. The molecule has 28 heavy (non-hydrogen) atoms. The Hall–Kier alpha value is -2.18. The molecule has 1 spiro atoms. The summed E-state index contributed by atoms with van der Waals surface area (Å²) in [6.45, 7) is 6.73. The molecule has 1 amide bonds. The second-order valence-corrected chi connectivity index (χ2v) is 8.32. The fourth-order valence-corrected chi connectivity index (χ4v) is 5.48. The van der Waals surface area contributed by atoms with E-state index in [2.05, 4.69) is 51.3 Å². The number of nitrogens with one attached hydrogen (secondary N) is 2. The molecule has 1 aromatic heterocycles. The fraction of sp³-hybridized carbons (Fsp3) is 0.545. The first-order chi connectivity index (χ1) is 13.7. The zero-order valence-electron chi connectivity index (χ0n) is 16.6. The van der Waals surface area contributed by atoms with Gasteiger partial charge in [-0.25, -0.2) is 4.98 Å². The third-order valence-corrected chi connectivity index (χ3v) is 7.06. The lowest BCUT2D eigenvalue weighted by Crippen LogP contribution is -2.59. The number of hydrogen-bond donors (Lipinski definition) is 2. The average molecular weight is 380 g/mol. The number of nitrogens with zero attached hydrogens (tertiary/aromatic N) is 3. The van der Waals surface area contributed by atoms with Gasteiger partial charge in [-0.05, 0) is 36.9 Å². The molecule has 0 saturated carbocycles. The number of aromatic nitrogens is 2. The van der Waals surface area contributed by atoms with Gasteiger partial charge in [0.1, 0.15) is 0 Å². The minimum absolute atomic E-state index is 0.00823. The van der Waals surface area contributed by atoms with Crippen LogP contribution in [0.1, 0.15) is 42.3 Å². The molecule has 3 aliphatic heterocycles. The predicted octanol–water partition coefficient (Wildman–Crippen LogP) is 1.82. The summed E-state index contributed by atoms with van der Waals surface area (Å²) in [5.74, 6) is 0.255. The summed E-state index contributed by atoms with van der Waals surface area (Å²) >= 11 is 0. The van der Waals surface area contributed by atoms with Crippen LogP contribution in [-0.4, -0.2) is 57.9 Å². The maximum Gasteiger partial charge on any atom is 0.240 e. The second-order valence-electron chi connectivity index (χ2n) is 8.32. The van der Waals surface area contributed by atoms with Crippen LogP contribution in [0.15, 0.2) is 30.6 Å². The summed E-state index contributed by atoms with van der Waals surface area (Å²) in [6.07, 6.45) is 5.61. The Balaban J connectivity index is 1.31. The van der Waals surface area contributed by atoms with Crippen LogP contribution in [0.2, 0.25) is 0 Å². The molecule has 2 aromatic rings. The van der Waals surface area contributed by atoms with Gasteiger partial charge in [-0.3, -0.25) is 9.69 Å². The summed E-state index contributed by atoms with van der Waals surface area (Å²) in [5, 5.41) is 3.46. The highest BCUT2D eigenvalue weighted by molar-refractivity contribution is 5.82. The number of likely N-dealkylation sites (tertiary alicyclic amines) is 1. The van der Waals surface area contributed by atoms with Crippen LogP contribution in [0.4, 0.5) is 0 Å². The van der Waals surface area contributed by atoms with E-state index in [-0.39, 0.29) is 17.5 Å². The lowest BCUT2D eigenvalue weighted by molar-refractivity contribution is -0.137. The number of rotatable bonds is 2. The molecule has 0 unspecified atom stereocenters. The molecule has 1 atom stereocenters. The summed E-state index contributed by atoms with van der Waals surface area (Å²) in [4.78, 5) is 25.9. The van der Waals surface area contributed by atoms with E-state index in [1.54, 1.807) is 0 Å². The summed E-state index contributed by atoms with van der Waals surface area (Å²) in [6, 6.07) is 8.35. The van der Waals surface area contributed by atoms with E-state index in [1.165, 1.54) is 22.5 Å². The third kappa shape index (κ3) is 2.78. The first-order valence-corrected chi connectivity index (χ1v) is 10.6. The van der Waals surface area contributed by atoms with Crippen LogP contribution >= 0.6 is 0 Å². The molecule has 4 heterocycles. The van der Waals surface area contributed by atoms with Crippen molar-refractivity contribution >= 4 is 5.91 Å². The standard InChI is InChI=1S/C22H29N5O/c1-2-27-10-7-18-20(25-15-24-18)22(27)8-11-26(12-9-22)21(28)19-13-16-5-3-4-6-17(16)14-23-19/h3-6,15,19,23H,2,7-14H2,1H3,(H,24,25)/t19-/m1/s1. The highest BCUT2D eigenvalue weighted by atomic mass is 16.2. The van der Waals surface area contributed by atoms with Gasteiger partial charge in [0, 0.05) is 38.3 Å². The van der Waals surface area contributed by atoms with Gasteiger partial charge in [0.2, 0.25) is 5.91 Å². The number of imidazole rings is 1. The van der Waals surface area contributed by atoms with Crippen LogP contribution in [0, 0.1) is 0 Å². The van der Waals surface area contributed by atoms with E-state index >= 15 is 0 Å². The Kier molecular flexibility index (Phi) is 4.48. The predicted molar refractivity (Wildman–Crippen MR) is 108 cm³/mol. The van der Waals surface area contributed by atoms with Gasteiger partial charge in [-0.1, -0.05) is 31.2 Å². The van der Waals surface area contributed by atoms with Gasteiger partial charge >= 0.3 is 0 Å². The number of fused-ring (bicyclic) bond motifs is 3. The van der Waals surface area contributed by atoms with Crippen LogP contribution in [0.5, 0.6) is 0 Å². The van der Waals surface area contributed by atoms with Gasteiger partial charge in [0.25, 0.3) is 0 Å². The van der Waals surface area contributed by atoms with E-state index < -0.39 is 0 Å². The third-order valence-electron chi connectivity index (χ3n) is 7.06. The van der Waals surface area contributed by atoms with Gasteiger partial charge in [0.15, 0.2) is 0 Å². The lowest BCUT2D eigenvalue weighted by Gasteiger charge is -2.50. The molecular weight excluding hydrogens is 350 g/mol. The molecule has 0 radical (unpaired) electrons. The number of likely N-dealkylation sites (N-methyl/N-ethyl adjacent to an activating group) is 1. The number of amides is 1. The van der Waals surface area contributed by atoms with Crippen molar-refractivity contribution in [3.05, 3.63) is 53.1 Å². The number of hydrogen-bond acceptors (Lipinski definition) is 4. The van der Waals surface area contributed by atoms with Crippen molar-refractivity contribution in [2.45, 2.75) is 50.7 Å². The van der Waals surface area contributed by atoms with Gasteiger partial charge in [-0.2, -0.15) is 0 Å². The Morgan fingerprint density at radius 3 is 2.79 bits per heavy atom. The van der Waals surface area contributed by atoms with Crippen molar-refractivity contribution in [1.82, 2.24) is 25.1 Å². The van der Waals surface area contributed by atoms with Crippen molar-refractivity contribution in [1.29, 1.82) is 0 Å². The first-order valence-electron chi connectivity index (χ1n) is 10.6. The SMILES string of the molecule is CCN1CCc2[nH]cnc2C12CCN(C(=O)[C@H]1Cc3ccccc3CN1)CC2. The lowest BCUT2D eigenvalue weighted by atomic mass is 9.78. The molecule has 6 nitrogen and oxygen atoms in total. The Morgan fingerprint density at radius 1 is 1.21 bits per heavy atom. The number of aromatic amines is 1. The number of carbonyl (C=O) groups excluding carboxylic acids is 1. The van der Waals surface area contributed by atoms with Crippen LogP contribution in [0.25, 0.3) is 0 Å². The van der Waals surface area contributed by atoms with Crippen molar-refractivity contribution in [2.75, 3.05) is 26.2 Å². The monoisotopic (exact) mass is 379 g/mol. The highest BCUT2D eigenvalue weighted by Gasteiger charge is 2.47. The fourth-order valence-electron chi connectivity index (χ4n) is 5.48. The van der Waals surface area contributed by atoms with Crippen molar-refractivity contribution in [2.24, 2.45) is 0 Å². The van der Waals surface area contributed by atoms with E-state index in [0.717, 1.165) is 58.4 Å². The normalized spacial score (nSPS) is 24.0. The molecule has 0 bridgehead atoms. The molecule has 3 aliphatic rings. The summed E-state index contributed by atoms with van der Waals surface area (Å²) < 4.78 is 0. The maximum atomic E-state index is 13.2. The van der Waals surface area contributed by atoms with Crippen molar-refractivity contribution in [3.63, 3.8) is 0 Å². The summed E-state index contributed by atoms with van der Waals surface area (Å²) in [5.41, 5.74) is 5.12. The Morgan fingerprint density at radius 2 is 2.00 bits per heavy atom. The van der Waals surface area contributed by atoms with Gasteiger partial charge in [-0.15, -0.1) is 0 Å². The Bertz CT molecular complexity index is 867. The Labute approximate surface area is 166 Å². The highest BCUT2D eigenvalue weighted by Crippen LogP contribution is 2.42. The minimum atomic E-state index is -0.0986. The van der Waals surface area contributed by atoms with Crippen LogP contribution < -0.4 is 5.32 Å². The van der Waals surface area contributed by atoms with E-state index in [1.807, 2.05) is 6.33 Å². The number of benzene rings is 1. The first kappa shape index (κ1) is 17.9. The molecule has 6 heteroatoms. The molecule has 1 aromatic carbocycles. The number of carbonyl (C=O) groups is 1. The van der Waals surface area contributed by atoms with Gasteiger partial charge in [0.05, 0.1) is 23.6 Å². The van der Waals surface area contributed by atoms with Crippen molar-refractivity contribution in [3.8, 4) is 0 Å². The van der Waals surface area contributed by atoms with E-state index in [9.17, 15) is 4.79 Å². The topological polar surface area (TPSA) is 64.3 Å². The molecule has 2 N–H and O–H groups in total. The van der Waals surface area contributed by atoms with Crippen LogP contribution in [-0.2, 0) is 29.7 Å². The number of H-pyrrole nitrogens is 1. The molecule has 1 saturated heterocycles. The largest absolute Gasteiger partial charge is 0.348 e. The van der Waals surface area contributed by atoms with Gasteiger partial charge < -0.3 is 15.2 Å². The average Bonchev–Trinajstić information content (AvgIpc) is 3.24. The molecule has 1 fully saturated rings. The quantitative estimate of drug-likeness (QED) is 0.836. The molecular formula is C22H29N5O. The summed E-state index contributed by atoms with van der Waals surface area (Å²) in [7, 11) is 0. The minimum Gasteiger partial charge on any atom is -0.348 e. The second kappa shape index (κ2) is 7.01.